The molecule has 1 aromatic carbocycles. The van der Waals surface area contributed by atoms with Crippen LogP contribution in [0.5, 0.6) is 0 Å². The number of benzene rings is 1. The first-order valence-electron chi connectivity index (χ1n) is 6.15. The first kappa shape index (κ1) is 12.8. The van der Waals surface area contributed by atoms with Gasteiger partial charge in [0.2, 0.25) is 6.39 Å². The maximum Gasteiger partial charge on any atom is 0.255 e. The van der Waals surface area contributed by atoms with E-state index in [0.29, 0.717) is 12.4 Å². The molecule has 0 bridgehead atoms. The van der Waals surface area contributed by atoms with Gasteiger partial charge >= 0.3 is 0 Å². The number of aryl methyl sites for hydroxylation is 1. The van der Waals surface area contributed by atoms with Gasteiger partial charge in [-0.3, -0.25) is 4.79 Å². The van der Waals surface area contributed by atoms with Crippen molar-refractivity contribution in [3.05, 3.63) is 46.9 Å². The molecule has 3 aromatic rings. The monoisotopic (exact) mass is 287 g/mol. The maximum atomic E-state index is 12.6. The summed E-state index contributed by atoms with van der Waals surface area (Å²) in [4.78, 5) is 19.2. The minimum atomic E-state index is -0.0234. The molecule has 0 aliphatic rings. The van der Waals surface area contributed by atoms with Gasteiger partial charge in [0, 0.05) is 22.0 Å². The Morgan fingerprint density at radius 1 is 1.40 bits per heavy atom. The Labute approximate surface area is 119 Å². The molecule has 0 spiro atoms. The van der Waals surface area contributed by atoms with Gasteiger partial charge in [0.25, 0.3) is 5.91 Å². The van der Waals surface area contributed by atoms with Crippen LogP contribution < -0.4 is 0 Å². The molecule has 0 unspecified atom stereocenters. The van der Waals surface area contributed by atoms with Crippen LogP contribution in [-0.4, -0.2) is 28.0 Å². The fourth-order valence-corrected chi connectivity index (χ4v) is 3.23. The average molecular weight is 287 g/mol. The summed E-state index contributed by atoms with van der Waals surface area (Å²) in [5.41, 5.74) is 0.761. The van der Waals surface area contributed by atoms with Crippen molar-refractivity contribution in [2.75, 3.05) is 7.05 Å². The third-order valence-corrected chi connectivity index (χ3v) is 4.20. The van der Waals surface area contributed by atoms with E-state index in [-0.39, 0.29) is 5.91 Å². The highest BCUT2D eigenvalue weighted by Crippen LogP contribution is 2.31. The van der Waals surface area contributed by atoms with E-state index in [1.165, 1.54) is 6.39 Å². The Morgan fingerprint density at radius 3 is 2.95 bits per heavy atom. The number of hydrogen-bond donors (Lipinski definition) is 0. The molecule has 102 valence electrons. The Balaban J connectivity index is 1.94. The number of hydrogen-bond acceptors (Lipinski definition) is 5. The second kappa shape index (κ2) is 5.05. The molecule has 0 aliphatic heterocycles. The van der Waals surface area contributed by atoms with E-state index in [2.05, 4.69) is 14.7 Å². The van der Waals surface area contributed by atoms with Gasteiger partial charge < -0.3 is 9.42 Å². The lowest BCUT2D eigenvalue weighted by atomic mass is 10.1. The van der Waals surface area contributed by atoms with Gasteiger partial charge in [-0.05, 0) is 13.0 Å². The lowest BCUT2D eigenvalue weighted by molar-refractivity contribution is 0.0782. The molecule has 2 aromatic heterocycles. The van der Waals surface area contributed by atoms with Crippen LogP contribution in [0.2, 0.25) is 0 Å². The molecule has 0 N–H and O–H groups in total. The molecule has 6 heteroatoms. The molecule has 20 heavy (non-hydrogen) atoms. The standard InChI is InChI=1S/C14H13N3O2S/c1-9-13(10-5-3-4-6-11(10)20-9)14(18)17(2)7-12-15-8-19-16-12/h3-6,8H,7H2,1-2H3. The SMILES string of the molecule is Cc1sc2ccccc2c1C(=O)N(C)Cc1ncon1. The summed E-state index contributed by atoms with van der Waals surface area (Å²) in [7, 11) is 1.74. The Morgan fingerprint density at radius 2 is 2.20 bits per heavy atom. The van der Waals surface area contributed by atoms with Crippen molar-refractivity contribution in [2.24, 2.45) is 0 Å². The zero-order valence-corrected chi connectivity index (χ0v) is 12.0. The highest BCUT2D eigenvalue weighted by molar-refractivity contribution is 7.19. The van der Waals surface area contributed by atoms with Gasteiger partial charge in [-0.15, -0.1) is 11.3 Å². The summed E-state index contributed by atoms with van der Waals surface area (Å²) in [5, 5.41) is 4.73. The van der Waals surface area contributed by atoms with Crippen LogP contribution in [0.3, 0.4) is 0 Å². The highest BCUT2D eigenvalue weighted by Gasteiger charge is 2.20. The molecule has 0 fully saturated rings. The van der Waals surface area contributed by atoms with Gasteiger partial charge in [0.15, 0.2) is 5.82 Å². The van der Waals surface area contributed by atoms with Gasteiger partial charge in [-0.1, -0.05) is 23.4 Å². The summed E-state index contributed by atoms with van der Waals surface area (Å²) in [6.07, 6.45) is 1.26. The molecule has 3 rings (SSSR count). The third-order valence-electron chi connectivity index (χ3n) is 3.12. The van der Waals surface area contributed by atoms with Crippen molar-refractivity contribution >= 4 is 27.3 Å². The van der Waals surface area contributed by atoms with Gasteiger partial charge in [-0.2, -0.15) is 4.98 Å². The number of fused-ring (bicyclic) bond motifs is 1. The lowest BCUT2D eigenvalue weighted by Gasteiger charge is -2.15. The molecular formula is C14H13N3O2S. The fraction of sp³-hybridized carbons (Fsp3) is 0.214. The molecule has 0 saturated carbocycles. The molecule has 0 aliphatic carbocycles. The number of nitrogens with zero attached hydrogens (tertiary/aromatic N) is 3. The van der Waals surface area contributed by atoms with Crippen LogP contribution in [0, 0.1) is 6.92 Å². The third kappa shape index (κ3) is 2.18. The minimum absolute atomic E-state index is 0.0234. The lowest BCUT2D eigenvalue weighted by Crippen LogP contribution is -2.27. The largest absolute Gasteiger partial charge is 0.343 e. The van der Waals surface area contributed by atoms with Crippen LogP contribution in [0.1, 0.15) is 21.1 Å². The summed E-state index contributed by atoms with van der Waals surface area (Å²) < 4.78 is 5.81. The molecule has 0 saturated heterocycles. The predicted molar refractivity (Wildman–Crippen MR) is 76.7 cm³/mol. The van der Waals surface area contributed by atoms with Crippen LogP contribution in [0.15, 0.2) is 35.2 Å². The minimum Gasteiger partial charge on any atom is -0.343 e. The van der Waals surface area contributed by atoms with Gasteiger partial charge in [0.05, 0.1) is 12.1 Å². The number of aromatic nitrogens is 2. The average Bonchev–Trinajstić information content (AvgIpc) is 3.04. The van der Waals surface area contributed by atoms with Crippen molar-refractivity contribution in [1.29, 1.82) is 0 Å². The predicted octanol–water partition coefficient (Wildman–Crippen LogP) is 2.86. The van der Waals surface area contributed by atoms with Gasteiger partial charge in [0.1, 0.15) is 0 Å². The van der Waals surface area contributed by atoms with Crippen LogP contribution in [-0.2, 0) is 6.54 Å². The number of amides is 1. The number of rotatable bonds is 3. The normalized spacial score (nSPS) is 10.9. The first-order valence-corrected chi connectivity index (χ1v) is 6.97. The van der Waals surface area contributed by atoms with E-state index in [9.17, 15) is 4.79 Å². The molecule has 0 radical (unpaired) electrons. The van der Waals surface area contributed by atoms with E-state index in [1.54, 1.807) is 23.3 Å². The highest BCUT2D eigenvalue weighted by atomic mass is 32.1. The Hall–Kier alpha value is -2.21. The Kier molecular flexibility index (Phi) is 3.23. The van der Waals surface area contributed by atoms with Crippen molar-refractivity contribution in [1.82, 2.24) is 15.0 Å². The smallest absolute Gasteiger partial charge is 0.255 e. The molecular weight excluding hydrogens is 274 g/mol. The Bertz CT molecular complexity index is 749. The van der Waals surface area contributed by atoms with E-state index >= 15 is 0 Å². The topological polar surface area (TPSA) is 59.2 Å². The molecule has 1 amide bonds. The quantitative estimate of drug-likeness (QED) is 0.743. The zero-order chi connectivity index (χ0) is 14.1. The van der Waals surface area contributed by atoms with Crippen molar-refractivity contribution < 1.29 is 9.32 Å². The zero-order valence-electron chi connectivity index (χ0n) is 11.2. The van der Waals surface area contributed by atoms with Gasteiger partial charge in [-0.25, -0.2) is 0 Å². The molecule has 0 atom stereocenters. The molecule has 5 nitrogen and oxygen atoms in total. The summed E-state index contributed by atoms with van der Waals surface area (Å²) in [6, 6.07) is 7.94. The summed E-state index contributed by atoms with van der Waals surface area (Å²) in [5.74, 6) is 0.475. The fourth-order valence-electron chi connectivity index (χ4n) is 2.17. The van der Waals surface area contributed by atoms with Crippen LogP contribution in [0.4, 0.5) is 0 Å². The van der Waals surface area contributed by atoms with Crippen LogP contribution in [0.25, 0.3) is 10.1 Å². The van der Waals surface area contributed by atoms with E-state index in [0.717, 1.165) is 20.5 Å². The molecule has 2 heterocycles. The maximum absolute atomic E-state index is 12.6. The summed E-state index contributed by atoms with van der Waals surface area (Å²) in [6.45, 7) is 2.30. The number of carbonyl (C=O) groups is 1. The van der Waals surface area contributed by atoms with Crippen molar-refractivity contribution in [2.45, 2.75) is 13.5 Å². The van der Waals surface area contributed by atoms with Crippen LogP contribution >= 0.6 is 11.3 Å². The van der Waals surface area contributed by atoms with E-state index in [1.807, 2.05) is 31.2 Å². The van der Waals surface area contributed by atoms with Crippen molar-refractivity contribution in [3.63, 3.8) is 0 Å². The second-order valence-corrected chi connectivity index (χ2v) is 5.79. The van der Waals surface area contributed by atoms with Crippen molar-refractivity contribution in [3.8, 4) is 0 Å². The summed E-state index contributed by atoms with van der Waals surface area (Å²) >= 11 is 1.64. The number of thiophene rings is 1. The van der Waals surface area contributed by atoms with E-state index < -0.39 is 0 Å². The first-order chi connectivity index (χ1) is 9.66. The van der Waals surface area contributed by atoms with E-state index in [4.69, 9.17) is 0 Å². The second-order valence-electron chi connectivity index (χ2n) is 4.54. The number of carbonyl (C=O) groups excluding carboxylic acids is 1.